The molecule has 0 spiro atoms. The fourth-order valence-corrected chi connectivity index (χ4v) is 3.97. The van der Waals surface area contributed by atoms with Crippen LogP contribution in [0.1, 0.15) is 50.5 Å². The third-order valence-corrected chi connectivity index (χ3v) is 5.59. The molecule has 3 unspecified atom stereocenters. The number of ether oxygens (including phenoxy) is 1. The Morgan fingerprint density at radius 3 is 2.72 bits per heavy atom. The minimum atomic E-state index is -1.36. The van der Waals surface area contributed by atoms with Gasteiger partial charge in [-0.3, -0.25) is 4.79 Å². The second-order valence-electron chi connectivity index (χ2n) is 8.77. The van der Waals surface area contributed by atoms with E-state index in [0.29, 0.717) is 30.0 Å². The SMILES string of the molecule is CC(C)(C)OC(=O)C1(NC(=O)c2cc3cc(Cl)ccc3[nH]2)CCC(CO)CC1N. The first-order valence-electron chi connectivity index (χ1n) is 9.75. The Bertz CT molecular complexity index is 920. The first kappa shape index (κ1) is 21.6. The largest absolute Gasteiger partial charge is 0.458 e. The number of H-pyrrole nitrogens is 1. The van der Waals surface area contributed by atoms with Gasteiger partial charge in [0, 0.05) is 28.6 Å². The summed E-state index contributed by atoms with van der Waals surface area (Å²) in [5.41, 5.74) is 5.36. The highest BCUT2D eigenvalue weighted by atomic mass is 35.5. The molecule has 158 valence electrons. The molecule has 1 aliphatic rings. The Hall–Kier alpha value is -2.09. The fraction of sp³-hybridized carbons (Fsp3) is 0.524. The van der Waals surface area contributed by atoms with E-state index in [1.54, 1.807) is 45.0 Å². The average Bonchev–Trinajstić information content (AvgIpc) is 3.05. The monoisotopic (exact) mass is 421 g/mol. The van der Waals surface area contributed by atoms with Crippen molar-refractivity contribution in [2.75, 3.05) is 6.61 Å². The molecule has 3 atom stereocenters. The number of rotatable bonds is 4. The predicted molar refractivity (Wildman–Crippen MR) is 112 cm³/mol. The summed E-state index contributed by atoms with van der Waals surface area (Å²) in [6.07, 6.45) is 1.27. The van der Waals surface area contributed by atoms with E-state index >= 15 is 0 Å². The van der Waals surface area contributed by atoms with Crippen molar-refractivity contribution < 1.29 is 19.4 Å². The van der Waals surface area contributed by atoms with Crippen LogP contribution in [0.5, 0.6) is 0 Å². The number of amides is 1. The molecule has 1 aromatic carbocycles. The van der Waals surface area contributed by atoms with Gasteiger partial charge in [0.25, 0.3) is 5.91 Å². The van der Waals surface area contributed by atoms with E-state index in [1.165, 1.54) is 0 Å². The van der Waals surface area contributed by atoms with Crippen molar-refractivity contribution >= 4 is 34.4 Å². The van der Waals surface area contributed by atoms with Crippen LogP contribution in [0, 0.1) is 5.92 Å². The summed E-state index contributed by atoms with van der Waals surface area (Å²) in [5, 5.41) is 13.7. The van der Waals surface area contributed by atoms with Crippen molar-refractivity contribution in [2.45, 2.75) is 57.2 Å². The van der Waals surface area contributed by atoms with Crippen molar-refractivity contribution in [3.05, 3.63) is 35.0 Å². The van der Waals surface area contributed by atoms with Gasteiger partial charge in [0.15, 0.2) is 5.54 Å². The predicted octanol–water partition coefficient (Wildman–Crippen LogP) is 2.75. The molecule has 8 heteroatoms. The van der Waals surface area contributed by atoms with Crippen molar-refractivity contribution in [2.24, 2.45) is 11.7 Å². The number of benzene rings is 1. The lowest BCUT2D eigenvalue weighted by Gasteiger charge is -2.44. The zero-order chi connectivity index (χ0) is 21.4. The first-order chi connectivity index (χ1) is 13.5. The van der Waals surface area contributed by atoms with Gasteiger partial charge in [0.05, 0.1) is 0 Å². The molecule has 0 saturated heterocycles. The minimum Gasteiger partial charge on any atom is -0.458 e. The lowest BCUT2D eigenvalue weighted by molar-refractivity contribution is -0.166. The number of nitrogens with one attached hydrogen (secondary N) is 2. The molecule has 1 saturated carbocycles. The number of hydrogen-bond donors (Lipinski definition) is 4. The summed E-state index contributed by atoms with van der Waals surface area (Å²) in [4.78, 5) is 29.2. The van der Waals surface area contributed by atoms with Crippen molar-refractivity contribution in [3.63, 3.8) is 0 Å². The number of carbonyl (C=O) groups excluding carboxylic acids is 2. The van der Waals surface area contributed by atoms with E-state index in [2.05, 4.69) is 10.3 Å². The lowest BCUT2D eigenvalue weighted by Crippen LogP contribution is -2.68. The maximum atomic E-state index is 13.1. The molecule has 5 N–H and O–H groups in total. The summed E-state index contributed by atoms with van der Waals surface area (Å²) >= 11 is 6.02. The Morgan fingerprint density at radius 2 is 2.10 bits per heavy atom. The maximum absolute atomic E-state index is 13.1. The van der Waals surface area contributed by atoms with Crippen molar-refractivity contribution in [3.8, 4) is 0 Å². The smallest absolute Gasteiger partial charge is 0.334 e. The number of fused-ring (bicyclic) bond motifs is 1. The van der Waals surface area contributed by atoms with Gasteiger partial charge in [-0.05, 0) is 70.2 Å². The van der Waals surface area contributed by atoms with Crippen molar-refractivity contribution in [1.82, 2.24) is 10.3 Å². The highest BCUT2D eigenvalue weighted by molar-refractivity contribution is 6.31. The van der Waals surface area contributed by atoms with E-state index in [-0.39, 0.29) is 12.5 Å². The average molecular weight is 422 g/mol. The van der Waals surface area contributed by atoms with Crippen LogP contribution in [0.2, 0.25) is 5.02 Å². The molecule has 1 heterocycles. The van der Waals surface area contributed by atoms with Gasteiger partial charge in [-0.2, -0.15) is 0 Å². The van der Waals surface area contributed by atoms with Crippen LogP contribution in [-0.4, -0.2) is 45.8 Å². The lowest BCUT2D eigenvalue weighted by atomic mass is 9.73. The number of halogens is 1. The van der Waals surface area contributed by atoms with Gasteiger partial charge >= 0.3 is 5.97 Å². The van der Waals surface area contributed by atoms with E-state index < -0.39 is 29.1 Å². The molecule has 1 aromatic heterocycles. The zero-order valence-electron chi connectivity index (χ0n) is 16.9. The molecule has 3 rings (SSSR count). The maximum Gasteiger partial charge on any atom is 0.334 e. The van der Waals surface area contributed by atoms with Crippen LogP contribution >= 0.6 is 11.6 Å². The second kappa shape index (κ2) is 7.97. The fourth-order valence-electron chi connectivity index (χ4n) is 3.79. The van der Waals surface area contributed by atoms with E-state index in [4.69, 9.17) is 22.1 Å². The summed E-state index contributed by atoms with van der Waals surface area (Å²) in [6.45, 7) is 5.31. The summed E-state index contributed by atoms with van der Waals surface area (Å²) in [6, 6.07) is 6.29. The topological polar surface area (TPSA) is 117 Å². The van der Waals surface area contributed by atoms with Crippen LogP contribution < -0.4 is 11.1 Å². The molecule has 29 heavy (non-hydrogen) atoms. The normalized spacial score (nSPS) is 25.0. The number of carbonyl (C=O) groups is 2. The van der Waals surface area contributed by atoms with E-state index in [9.17, 15) is 14.7 Å². The number of hydrogen-bond acceptors (Lipinski definition) is 5. The van der Waals surface area contributed by atoms with Gasteiger partial charge in [0.1, 0.15) is 11.3 Å². The molecule has 0 aliphatic heterocycles. The number of esters is 1. The molecule has 7 nitrogen and oxygen atoms in total. The van der Waals surface area contributed by atoms with Crippen LogP contribution in [0.25, 0.3) is 10.9 Å². The van der Waals surface area contributed by atoms with Gasteiger partial charge in [-0.25, -0.2) is 4.79 Å². The highest BCUT2D eigenvalue weighted by Gasteiger charge is 2.51. The molecule has 2 aromatic rings. The molecule has 1 aliphatic carbocycles. The second-order valence-corrected chi connectivity index (χ2v) is 9.21. The quantitative estimate of drug-likeness (QED) is 0.566. The number of aromatic nitrogens is 1. The zero-order valence-corrected chi connectivity index (χ0v) is 17.7. The summed E-state index contributed by atoms with van der Waals surface area (Å²) < 4.78 is 5.61. The molecule has 1 amide bonds. The standard InChI is InChI=1S/C21H28ClN3O4/c1-20(2,3)29-19(28)21(7-6-12(11-26)8-17(21)23)25-18(27)16-10-13-9-14(22)4-5-15(13)24-16/h4-5,9-10,12,17,24,26H,6-8,11,23H2,1-3H3,(H,25,27). The first-order valence-corrected chi connectivity index (χ1v) is 10.1. The molecular formula is C21H28ClN3O4. The van der Waals surface area contributed by atoms with Gasteiger partial charge < -0.3 is 25.9 Å². The van der Waals surface area contributed by atoms with Gasteiger partial charge in [-0.1, -0.05) is 11.6 Å². The number of nitrogens with two attached hydrogens (primary N) is 1. The van der Waals surface area contributed by atoms with Gasteiger partial charge in [0.2, 0.25) is 0 Å². The van der Waals surface area contributed by atoms with Crippen LogP contribution in [-0.2, 0) is 9.53 Å². The third kappa shape index (κ3) is 4.57. The van der Waals surface area contributed by atoms with E-state index in [1.807, 2.05) is 0 Å². The highest BCUT2D eigenvalue weighted by Crippen LogP contribution is 2.34. The van der Waals surface area contributed by atoms with E-state index in [0.717, 1.165) is 10.9 Å². The number of aromatic amines is 1. The Labute approximate surface area is 174 Å². The summed E-state index contributed by atoms with van der Waals surface area (Å²) in [5.74, 6) is -1.00. The molecule has 0 bridgehead atoms. The Kier molecular flexibility index (Phi) is 5.94. The van der Waals surface area contributed by atoms with Crippen molar-refractivity contribution in [1.29, 1.82) is 0 Å². The Balaban J connectivity index is 1.91. The minimum absolute atomic E-state index is 0.00514. The number of aliphatic hydroxyl groups excluding tert-OH is 1. The Morgan fingerprint density at radius 1 is 1.38 bits per heavy atom. The molecular weight excluding hydrogens is 394 g/mol. The number of aliphatic hydroxyl groups is 1. The molecule has 0 radical (unpaired) electrons. The molecule has 1 fully saturated rings. The van der Waals surface area contributed by atoms with Crippen LogP contribution in [0.4, 0.5) is 0 Å². The van der Waals surface area contributed by atoms with Crippen LogP contribution in [0.3, 0.4) is 0 Å². The van der Waals surface area contributed by atoms with Gasteiger partial charge in [-0.15, -0.1) is 0 Å². The third-order valence-electron chi connectivity index (χ3n) is 5.35. The van der Waals surface area contributed by atoms with Crippen LogP contribution in [0.15, 0.2) is 24.3 Å². The summed E-state index contributed by atoms with van der Waals surface area (Å²) in [7, 11) is 0.